The van der Waals surface area contributed by atoms with E-state index in [2.05, 4.69) is 26.1 Å². The van der Waals surface area contributed by atoms with Crippen molar-refractivity contribution in [1.29, 1.82) is 0 Å². The molecule has 3 aromatic rings. The van der Waals surface area contributed by atoms with Crippen LogP contribution in [0.3, 0.4) is 0 Å². The summed E-state index contributed by atoms with van der Waals surface area (Å²) >= 11 is 4.64. The molecule has 24 heavy (non-hydrogen) atoms. The van der Waals surface area contributed by atoms with E-state index in [4.69, 9.17) is 4.42 Å². The standard InChI is InChI=1S/C18H15BrN2O2S/c1-11-5-3-4-6-15(11)17-20-21-18(23-17)24-12(2)16(22)13-7-9-14(19)10-8-13/h3-10,12H,1-2H3/t12-/m1/s1. The summed E-state index contributed by atoms with van der Waals surface area (Å²) in [5.41, 5.74) is 2.64. The highest BCUT2D eigenvalue weighted by Crippen LogP contribution is 2.29. The summed E-state index contributed by atoms with van der Waals surface area (Å²) in [5.74, 6) is 0.502. The molecule has 6 heteroatoms. The molecule has 0 amide bonds. The Hall–Kier alpha value is -1.92. The van der Waals surface area contributed by atoms with Gasteiger partial charge in [-0.15, -0.1) is 10.2 Å². The molecule has 0 aliphatic carbocycles. The normalized spacial score (nSPS) is 12.1. The summed E-state index contributed by atoms with van der Waals surface area (Å²) in [5, 5.41) is 8.23. The molecule has 1 heterocycles. The number of hydrogen-bond acceptors (Lipinski definition) is 5. The van der Waals surface area contributed by atoms with Crippen LogP contribution in [0.5, 0.6) is 0 Å². The van der Waals surface area contributed by atoms with Crippen molar-refractivity contribution in [3.63, 3.8) is 0 Å². The number of hydrogen-bond donors (Lipinski definition) is 0. The molecule has 0 radical (unpaired) electrons. The lowest BCUT2D eigenvalue weighted by molar-refractivity contribution is 0.0993. The van der Waals surface area contributed by atoms with Crippen molar-refractivity contribution < 1.29 is 9.21 Å². The smallest absolute Gasteiger partial charge is 0.277 e. The second-order valence-electron chi connectivity index (χ2n) is 5.32. The molecule has 2 aromatic carbocycles. The molecule has 0 fully saturated rings. The Morgan fingerprint density at radius 3 is 2.54 bits per heavy atom. The Kier molecular flexibility index (Phi) is 5.16. The van der Waals surface area contributed by atoms with Crippen LogP contribution in [-0.4, -0.2) is 21.2 Å². The average molecular weight is 403 g/mol. The third-order valence-corrected chi connectivity index (χ3v) is 5.02. The van der Waals surface area contributed by atoms with Gasteiger partial charge in [0.25, 0.3) is 5.22 Å². The Morgan fingerprint density at radius 1 is 1.12 bits per heavy atom. The number of rotatable bonds is 5. The number of thioether (sulfide) groups is 1. The Morgan fingerprint density at radius 2 is 1.83 bits per heavy atom. The molecule has 3 rings (SSSR count). The molecular weight excluding hydrogens is 388 g/mol. The first-order valence-electron chi connectivity index (χ1n) is 7.40. The molecule has 0 saturated carbocycles. The van der Waals surface area contributed by atoms with Gasteiger partial charge in [0, 0.05) is 15.6 Å². The quantitative estimate of drug-likeness (QED) is 0.435. The van der Waals surface area contributed by atoms with Gasteiger partial charge in [0.15, 0.2) is 5.78 Å². The zero-order valence-corrected chi connectivity index (χ0v) is 15.6. The minimum absolute atomic E-state index is 0.0307. The van der Waals surface area contributed by atoms with Crippen LogP contribution in [-0.2, 0) is 0 Å². The largest absolute Gasteiger partial charge is 0.411 e. The molecule has 0 aliphatic rings. The van der Waals surface area contributed by atoms with Crippen molar-refractivity contribution in [3.05, 3.63) is 64.1 Å². The Labute approximate surface area is 152 Å². The summed E-state index contributed by atoms with van der Waals surface area (Å²) in [6.45, 7) is 3.83. The van der Waals surface area contributed by atoms with E-state index in [-0.39, 0.29) is 11.0 Å². The number of aromatic nitrogens is 2. The third-order valence-electron chi connectivity index (χ3n) is 3.56. The van der Waals surface area contributed by atoms with Crippen LogP contribution in [0.4, 0.5) is 0 Å². The number of carbonyl (C=O) groups excluding carboxylic acids is 1. The van der Waals surface area contributed by atoms with Crippen molar-refractivity contribution >= 4 is 33.5 Å². The summed E-state index contributed by atoms with van der Waals surface area (Å²) in [7, 11) is 0. The van der Waals surface area contributed by atoms with Gasteiger partial charge < -0.3 is 4.42 Å². The number of Topliss-reactive ketones (excluding diaryl/α,β-unsaturated/α-hetero) is 1. The second kappa shape index (κ2) is 7.32. The van der Waals surface area contributed by atoms with Crippen molar-refractivity contribution in [3.8, 4) is 11.5 Å². The Bertz CT molecular complexity index is 861. The van der Waals surface area contributed by atoms with E-state index in [1.54, 1.807) is 12.1 Å². The van der Waals surface area contributed by atoms with Gasteiger partial charge in [0.05, 0.1) is 5.25 Å². The third kappa shape index (κ3) is 3.76. The molecule has 0 saturated heterocycles. The van der Waals surface area contributed by atoms with Gasteiger partial charge in [-0.1, -0.05) is 58.0 Å². The fourth-order valence-electron chi connectivity index (χ4n) is 2.23. The summed E-state index contributed by atoms with van der Waals surface area (Å²) in [6.07, 6.45) is 0. The molecule has 1 atom stereocenters. The van der Waals surface area contributed by atoms with Crippen LogP contribution in [0.15, 0.2) is 62.6 Å². The lowest BCUT2D eigenvalue weighted by Gasteiger charge is -2.07. The van der Waals surface area contributed by atoms with Crippen molar-refractivity contribution in [2.45, 2.75) is 24.3 Å². The summed E-state index contributed by atoms with van der Waals surface area (Å²) in [4.78, 5) is 12.5. The molecule has 0 unspecified atom stereocenters. The van der Waals surface area contributed by atoms with Crippen molar-refractivity contribution in [1.82, 2.24) is 10.2 Å². The SMILES string of the molecule is Cc1ccccc1-c1nnc(S[C@H](C)C(=O)c2ccc(Br)cc2)o1. The maximum atomic E-state index is 12.5. The lowest BCUT2D eigenvalue weighted by atomic mass is 10.1. The van der Waals surface area contributed by atoms with Gasteiger partial charge in [-0.3, -0.25) is 4.79 Å². The predicted octanol–water partition coefficient (Wildman–Crippen LogP) is 5.17. The van der Waals surface area contributed by atoms with Crippen LogP contribution >= 0.6 is 27.7 Å². The maximum absolute atomic E-state index is 12.5. The van der Waals surface area contributed by atoms with Crippen molar-refractivity contribution in [2.24, 2.45) is 0 Å². The highest BCUT2D eigenvalue weighted by Gasteiger charge is 2.20. The van der Waals surface area contributed by atoms with Crippen molar-refractivity contribution in [2.75, 3.05) is 0 Å². The molecule has 0 bridgehead atoms. The van der Waals surface area contributed by atoms with Gasteiger partial charge in [-0.25, -0.2) is 0 Å². The van der Waals surface area contributed by atoms with E-state index in [1.807, 2.05) is 50.2 Å². The van der Waals surface area contributed by atoms with E-state index in [0.717, 1.165) is 15.6 Å². The maximum Gasteiger partial charge on any atom is 0.277 e. The predicted molar refractivity (Wildman–Crippen MR) is 98.3 cm³/mol. The minimum Gasteiger partial charge on any atom is -0.411 e. The molecule has 0 aliphatic heterocycles. The number of benzene rings is 2. The fourth-order valence-corrected chi connectivity index (χ4v) is 3.26. The lowest BCUT2D eigenvalue weighted by Crippen LogP contribution is -2.13. The zero-order valence-electron chi connectivity index (χ0n) is 13.2. The molecule has 0 N–H and O–H groups in total. The van der Waals surface area contributed by atoms with Gasteiger partial charge in [0.1, 0.15) is 0 Å². The molecule has 4 nitrogen and oxygen atoms in total. The first kappa shape index (κ1) is 16.9. The van der Waals surface area contributed by atoms with E-state index in [0.29, 0.717) is 16.7 Å². The van der Waals surface area contributed by atoms with E-state index < -0.39 is 0 Å². The van der Waals surface area contributed by atoms with Gasteiger partial charge in [-0.2, -0.15) is 0 Å². The van der Waals surface area contributed by atoms with E-state index >= 15 is 0 Å². The molecule has 0 spiro atoms. The summed E-state index contributed by atoms with van der Waals surface area (Å²) in [6, 6.07) is 15.1. The number of halogens is 1. The van der Waals surface area contributed by atoms with Crippen LogP contribution in [0, 0.1) is 6.92 Å². The summed E-state index contributed by atoms with van der Waals surface area (Å²) < 4.78 is 6.65. The number of aryl methyl sites for hydroxylation is 1. The first-order valence-corrected chi connectivity index (χ1v) is 9.08. The minimum atomic E-state index is -0.309. The second-order valence-corrected chi connectivity index (χ2v) is 7.53. The fraction of sp³-hybridized carbons (Fsp3) is 0.167. The topological polar surface area (TPSA) is 56.0 Å². The van der Waals surface area contributed by atoms with Gasteiger partial charge in [-0.05, 0) is 37.6 Å². The van der Waals surface area contributed by atoms with Crippen LogP contribution in [0.2, 0.25) is 0 Å². The Balaban J connectivity index is 1.73. The van der Waals surface area contributed by atoms with Crippen LogP contribution in [0.1, 0.15) is 22.8 Å². The highest BCUT2D eigenvalue weighted by atomic mass is 79.9. The monoisotopic (exact) mass is 402 g/mol. The first-order chi connectivity index (χ1) is 11.5. The van der Waals surface area contributed by atoms with Crippen LogP contribution in [0.25, 0.3) is 11.5 Å². The van der Waals surface area contributed by atoms with E-state index in [9.17, 15) is 4.79 Å². The van der Waals surface area contributed by atoms with E-state index in [1.165, 1.54) is 11.8 Å². The highest BCUT2D eigenvalue weighted by molar-refractivity contribution is 9.10. The number of ketones is 1. The number of carbonyl (C=O) groups is 1. The van der Waals surface area contributed by atoms with Gasteiger partial charge >= 0.3 is 0 Å². The van der Waals surface area contributed by atoms with Crippen LogP contribution < -0.4 is 0 Å². The van der Waals surface area contributed by atoms with Gasteiger partial charge in [0.2, 0.25) is 5.89 Å². The average Bonchev–Trinajstić information content (AvgIpc) is 3.03. The zero-order chi connectivity index (χ0) is 17.1. The number of nitrogens with zero attached hydrogens (tertiary/aromatic N) is 2. The molecular formula is C18H15BrN2O2S. The molecule has 1 aromatic heterocycles. The molecule has 122 valence electrons.